The maximum Gasteiger partial charge on any atom is 0.266 e. The van der Waals surface area contributed by atoms with E-state index in [4.69, 9.17) is 10.2 Å². The van der Waals surface area contributed by atoms with E-state index in [1.54, 1.807) is 0 Å². The van der Waals surface area contributed by atoms with Gasteiger partial charge in [-0.2, -0.15) is 0 Å². The van der Waals surface area contributed by atoms with Crippen LogP contribution < -0.4 is 0 Å². The van der Waals surface area contributed by atoms with Gasteiger partial charge in [0.05, 0.1) is 6.61 Å². The Kier molecular flexibility index (Phi) is 5.31. The zero-order chi connectivity index (χ0) is 9.52. The Labute approximate surface area is 79.1 Å². The Morgan fingerprint density at radius 1 is 1.15 bits per heavy atom. The third-order valence-corrected chi connectivity index (χ3v) is 2.33. The van der Waals surface area contributed by atoms with Crippen LogP contribution in [0, 0.1) is 0 Å². The van der Waals surface area contributed by atoms with Gasteiger partial charge in [0.2, 0.25) is 0 Å². The van der Waals surface area contributed by atoms with Gasteiger partial charge in [-0.1, -0.05) is 6.42 Å². The molecule has 2 N–H and O–H groups in total. The van der Waals surface area contributed by atoms with Crippen LogP contribution >= 0.6 is 0 Å². The lowest BCUT2D eigenvalue weighted by Gasteiger charge is -2.26. The second-order valence-electron chi connectivity index (χ2n) is 3.45. The summed E-state index contributed by atoms with van der Waals surface area (Å²) in [6, 6.07) is 0. The second-order valence-corrected chi connectivity index (χ2v) is 3.45. The summed E-state index contributed by atoms with van der Waals surface area (Å²) in [4.78, 5) is 2.40. The summed E-state index contributed by atoms with van der Waals surface area (Å²) in [5, 5.41) is 16.8. The molecule has 4 heteroatoms. The van der Waals surface area contributed by atoms with Crippen LogP contribution in [0.25, 0.3) is 0 Å². The first-order valence-electron chi connectivity index (χ1n) is 4.99. The standard InChI is InChI=1S/C9H19NO3/c11-9(12)13-8-4-7-10-5-2-1-3-6-10/h9,11-12H,1-8H2. The highest BCUT2D eigenvalue weighted by molar-refractivity contribution is 4.63. The molecule has 0 unspecified atom stereocenters. The summed E-state index contributed by atoms with van der Waals surface area (Å²) < 4.78 is 4.62. The fourth-order valence-electron chi connectivity index (χ4n) is 1.66. The van der Waals surface area contributed by atoms with Crippen molar-refractivity contribution in [2.24, 2.45) is 0 Å². The smallest absolute Gasteiger partial charge is 0.266 e. The average Bonchev–Trinajstić information content (AvgIpc) is 2.14. The Hall–Kier alpha value is -0.160. The van der Waals surface area contributed by atoms with E-state index in [9.17, 15) is 0 Å². The normalized spacial score (nSPS) is 19.6. The molecule has 1 heterocycles. The van der Waals surface area contributed by atoms with E-state index in [1.165, 1.54) is 32.4 Å². The predicted molar refractivity (Wildman–Crippen MR) is 49.1 cm³/mol. The van der Waals surface area contributed by atoms with Crippen molar-refractivity contribution < 1.29 is 14.9 Å². The van der Waals surface area contributed by atoms with Crippen molar-refractivity contribution in [3.8, 4) is 0 Å². The first-order chi connectivity index (χ1) is 6.29. The highest BCUT2D eigenvalue weighted by atomic mass is 16.7. The molecule has 1 fully saturated rings. The molecule has 0 aromatic rings. The quantitative estimate of drug-likeness (QED) is 0.477. The lowest BCUT2D eigenvalue weighted by atomic mass is 10.1. The van der Waals surface area contributed by atoms with Crippen molar-refractivity contribution in [2.45, 2.75) is 32.2 Å². The maximum atomic E-state index is 8.41. The Morgan fingerprint density at radius 2 is 1.85 bits per heavy atom. The Balaban J connectivity index is 1.92. The van der Waals surface area contributed by atoms with Gasteiger partial charge < -0.3 is 19.8 Å². The van der Waals surface area contributed by atoms with Gasteiger partial charge in [-0.25, -0.2) is 0 Å². The molecular weight excluding hydrogens is 170 g/mol. The number of aliphatic hydroxyl groups is 2. The van der Waals surface area contributed by atoms with Crippen LogP contribution in [0.15, 0.2) is 0 Å². The van der Waals surface area contributed by atoms with Gasteiger partial charge in [0, 0.05) is 6.54 Å². The van der Waals surface area contributed by atoms with Crippen molar-refractivity contribution in [1.82, 2.24) is 4.90 Å². The molecule has 0 aliphatic carbocycles. The molecule has 1 aliphatic heterocycles. The molecule has 0 saturated carbocycles. The minimum Gasteiger partial charge on any atom is -0.346 e. The van der Waals surface area contributed by atoms with Crippen LogP contribution in [-0.2, 0) is 4.74 Å². The Bertz CT molecular complexity index is 124. The summed E-state index contributed by atoms with van der Waals surface area (Å²) in [5.41, 5.74) is 0. The number of hydrogen-bond acceptors (Lipinski definition) is 4. The highest BCUT2D eigenvalue weighted by Crippen LogP contribution is 2.08. The zero-order valence-electron chi connectivity index (χ0n) is 7.98. The van der Waals surface area contributed by atoms with E-state index in [0.29, 0.717) is 6.61 Å². The van der Waals surface area contributed by atoms with Gasteiger partial charge in [-0.15, -0.1) is 0 Å². The van der Waals surface area contributed by atoms with Crippen LogP contribution in [0.2, 0.25) is 0 Å². The number of piperidine rings is 1. The van der Waals surface area contributed by atoms with Gasteiger partial charge in [0.25, 0.3) is 6.48 Å². The summed E-state index contributed by atoms with van der Waals surface area (Å²) in [5.74, 6) is 0. The van der Waals surface area contributed by atoms with E-state index in [-0.39, 0.29) is 0 Å². The van der Waals surface area contributed by atoms with Crippen LogP contribution in [0.5, 0.6) is 0 Å². The third-order valence-electron chi connectivity index (χ3n) is 2.33. The molecular formula is C9H19NO3. The van der Waals surface area contributed by atoms with E-state index in [2.05, 4.69) is 9.64 Å². The van der Waals surface area contributed by atoms with Crippen molar-refractivity contribution in [3.63, 3.8) is 0 Å². The molecule has 1 saturated heterocycles. The molecule has 1 rings (SSSR count). The third kappa shape index (κ3) is 5.21. The number of likely N-dealkylation sites (tertiary alicyclic amines) is 1. The number of ether oxygens (including phenoxy) is 1. The van der Waals surface area contributed by atoms with Crippen molar-refractivity contribution in [2.75, 3.05) is 26.2 Å². The molecule has 0 atom stereocenters. The zero-order valence-corrected chi connectivity index (χ0v) is 7.98. The van der Waals surface area contributed by atoms with Crippen LogP contribution in [-0.4, -0.2) is 47.8 Å². The average molecular weight is 189 g/mol. The molecule has 0 amide bonds. The molecule has 13 heavy (non-hydrogen) atoms. The number of aliphatic hydroxyl groups excluding tert-OH is 1. The maximum absolute atomic E-state index is 8.41. The van der Waals surface area contributed by atoms with Crippen LogP contribution in [0.1, 0.15) is 25.7 Å². The van der Waals surface area contributed by atoms with Crippen molar-refractivity contribution in [1.29, 1.82) is 0 Å². The molecule has 0 aromatic heterocycles. The molecule has 0 bridgehead atoms. The van der Waals surface area contributed by atoms with E-state index in [1.807, 2.05) is 0 Å². The summed E-state index contributed by atoms with van der Waals surface area (Å²) >= 11 is 0. The van der Waals surface area contributed by atoms with E-state index in [0.717, 1.165) is 13.0 Å². The van der Waals surface area contributed by atoms with Gasteiger partial charge in [0.1, 0.15) is 0 Å². The minimum atomic E-state index is -1.61. The monoisotopic (exact) mass is 189 g/mol. The topological polar surface area (TPSA) is 52.9 Å². The van der Waals surface area contributed by atoms with Gasteiger partial charge in [-0.05, 0) is 32.4 Å². The van der Waals surface area contributed by atoms with Gasteiger partial charge in [0.15, 0.2) is 0 Å². The second kappa shape index (κ2) is 6.32. The lowest BCUT2D eigenvalue weighted by Crippen LogP contribution is -2.31. The van der Waals surface area contributed by atoms with Gasteiger partial charge >= 0.3 is 0 Å². The molecule has 0 radical (unpaired) electrons. The summed E-state index contributed by atoms with van der Waals surface area (Å²) in [6.07, 6.45) is 4.81. The van der Waals surface area contributed by atoms with Crippen molar-refractivity contribution in [3.05, 3.63) is 0 Å². The largest absolute Gasteiger partial charge is 0.346 e. The van der Waals surface area contributed by atoms with E-state index < -0.39 is 6.48 Å². The first kappa shape index (κ1) is 10.9. The Morgan fingerprint density at radius 3 is 2.46 bits per heavy atom. The fourth-order valence-corrected chi connectivity index (χ4v) is 1.66. The number of hydrogen-bond donors (Lipinski definition) is 2. The molecule has 0 aromatic carbocycles. The molecule has 0 spiro atoms. The van der Waals surface area contributed by atoms with E-state index >= 15 is 0 Å². The number of rotatable bonds is 5. The summed E-state index contributed by atoms with van der Waals surface area (Å²) in [7, 11) is 0. The lowest BCUT2D eigenvalue weighted by molar-refractivity contribution is -0.234. The molecule has 1 aliphatic rings. The van der Waals surface area contributed by atoms with Crippen LogP contribution in [0.4, 0.5) is 0 Å². The molecule has 4 nitrogen and oxygen atoms in total. The van der Waals surface area contributed by atoms with Crippen LogP contribution in [0.3, 0.4) is 0 Å². The van der Waals surface area contributed by atoms with Gasteiger partial charge in [-0.3, -0.25) is 0 Å². The highest BCUT2D eigenvalue weighted by Gasteiger charge is 2.08. The summed E-state index contributed by atoms with van der Waals surface area (Å²) in [6.45, 7) is 2.19. The molecule has 78 valence electrons. The van der Waals surface area contributed by atoms with Crippen molar-refractivity contribution >= 4 is 0 Å². The SMILES string of the molecule is OC(O)OCCCN1CCCCC1. The first-order valence-corrected chi connectivity index (χ1v) is 4.99. The minimum absolute atomic E-state index is 0.425. The predicted octanol–water partition coefficient (Wildman–Crippen LogP) is 0.147. The number of nitrogens with zero attached hydrogens (tertiary/aromatic N) is 1. The fraction of sp³-hybridized carbons (Fsp3) is 1.00.